The van der Waals surface area contributed by atoms with Gasteiger partial charge in [-0.1, -0.05) is 6.07 Å². The summed E-state index contributed by atoms with van der Waals surface area (Å²) in [5, 5.41) is 3.37. The molecule has 1 aromatic rings. The summed E-state index contributed by atoms with van der Waals surface area (Å²) in [5.41, 5.74) is 0.959. The van der Waals surface area contributed by atoms with Crippen LogP contribution >= 0.6 is 0 Å². The van der Waals surface area contributed by atoms with Crippen LogP contribution in [-0.4, -0.2) is 36.7 Å². The minimum absolute atomic E-state index is 0.128. The Balaban J connectivity index is 1.64. The molecule has 4 heteroatoms. The standard InChI is InChI=1S/C16H21FN2O/c1-18-14-9-16(6-7-19(10-16)12-3-4-12)20-15-8-11(17)2-5-13(14)15/h2,5,8,12,14,18H,3-4,6-7,9-10H2,1H3. The lowest BCUT2D eigenvalue weighted by Gasteiger charge is -2.40. The quantitative estimate of drug-likeness (QED) is 0.898. The van der Waals surface area contributed by atoms with Gasteiger partial charge in [-0.25, -0.2) is 4.39 Å². The Morgan fingerprint density at radius 1 is 1.40 bits per heavy atom. The van der Waals surface area contributed by atoms with E-state index in [9.17, 15) is 4.39 Å². The van der Waals surface area contributed by atoms with Crippen LogP contribution in [0.4, 0.5) is 4.39 Å². The molecule has 0 radical (unpaired) electrons. The first kappa shape index (κ1) is 12.6. The number of benzene rings is 1. The van der Waals surface area contributed by atoms with E-state index in [0.717, 1.165) is 43.3 Å². The summed E-state index contributed by atoms with van der Waals surface area (Å²) in [6, 6.07) is 5.96. The molecular weight excluding hydrogens is 255 g/mol. The van der Waals surface area contributed by atoms with E-state index in [2.05, 4.69) is 10.2 Å². The Morgan fingerprint density at radius 2 is 2.25 bits per heavy atom. The lowest BCUT2D eigenvalue weighted by atomic mass is 9.86. The molecule has 0 bridgehead atoms. The predicted octanol–water partition coefficient (Wildman–Crippen LogP) is 2.48. The molecule has 4 rings (SSSR count). The van der Waals surface area contributed by atoms with Crippen molar-refractivity contribution in [3.63, 3.8) is 0 Å². The first-order chi connectivity index (χ1) is 9.69. The Kier molecular flexibility index (Phi) is 2.79. The van der Waals surface area contributed by atoms with Crippen molar-refractivity contribution in [3.05, 3.63) is 29.6 Å². The zero-order chi connectivity index (χ0) is 13.7. The Bertz CT molecular complexity index is 531. The van der Waals surface area contributed by atoms with Gasteiger partial charge in [0.2, 0.25) is 0 Å². The molecule has 108 valence electrons. The van der Waals surface area contributed by atoms with Crippen molar-refractivity contribution in [1.29, 1.82) is 0 Å². The second kappa shape index (κ2) is 4.43. The molecule has 1 spiro atoms. The van der Waals surface area contributed by atoms with Gasteiger partial charge in [0.1, 0.15) is 17.2 Å². The zero-order valence-electron chi connectivity index (χ0n) is 11.9. The molecule has 0 aromatic heterocycles. The molecule has 1 saturated heterocycles. The molecule has 2 heterocycles. The van der Waals surface area contributed by atoms with Gasteiger partial charge in [-0.3, -0.25) is 4.90 Å². The van der Waals surface area contributed by atoms with E-state index in [4.69, 9.17) is 4.74 Å². The highest BCUT2D eigenvalue weighted by Crippen LogP contribution is 2.45. The normalized spacial score (nSPS) is 33.2. The maximum atomic E-state index is 13.5. The Labute approximate surface area is 119 Å². The summed E-state index contributed by atoms with van der Waals surface area (Å²) in [5.74, 6) is 0.515. The number of likely N-dealkylation sites (tertiary alicyclic amines) is 1. The molecule has 3 nitrogen and oxygen atoms in total. The second-order valence-electron chi connectivity index (χ2n) is 6.46. The van der Waals surface area contributed by atoms with Crippen molar-refractivity contribution in [3.8, 4) is 5.75 Å². The number of nitrogens with zero attached hydrogens (tertiary/aromatic N) is 1. The van der Waals surface area contributed by atoms with Crippen LogP contribution in [0.15, 0.2) is 18.2 Å². The van der Waals surface area contributed by atoms with E-state index in [0.29, 0.717) is 0 Å². The Hall–Kier alpha value is -1.13. The summed E-state index contributed by atoms with van der Waals surface area (Å²) in [6.45, 7) is 2.11. The van der Waals surface area contributed by atoms with Gasteiger partial charge < -0.3 is 10.1 Å². The monoisotopic (exact) mass is 276 g/mol. The fourth-order valence-corrected chi connectivity index (χ4v) is 3.78. The van der Waals surface area contributed by atoms with E-state index in [1.807, 2.05) is 13.1 Å². The zero-order valence-corrected chi connectivity index (χ0v) is 11.9. The third kappa shape index (κ3) is 2.02. The number of rotatable bonds is 2. The number of fused-ring (bicyclic) bond motifs is 1. The number of halogens is 1. The molecule has 0 amide bonds. The Morgan fingerprint density at radius 3 is 3.00 bits per heavy atom. The molecule has 2 fully saturated rings. The first-order valence-electron chi connectivity index (χ1n) is 7.59. The van der Waals surface area contributed by atoms with Crippen molar-refractivity contribution >= 4 is 0 Å². The van der Waals surface area contributed by atoms with Gasteiger partial charge in [0.25, 0.3) is 0 Å². The average molecular weight is 276 g/mol. The molecule has 2 atom stereocenters. The summed E-state index contributed by atoms with van der Waals surface area (Å²) in [4.78, 5) is 2.55. The minimum atomic E-state index is -0.215. The lowest BCUT2D eigenvalue weighted by Crippen LogP contribution is -2.46. The number of ether oxygens (including phenoxy) is 1. The maximum Gasteiger partial charge on any atom is 0.127 e. The van der Waals surface area contributed by atoms with Crippen molar-refractivity contribution in [2.45, 2.75) is 43.4 Å². The molecule has 1 aromatic carbocycles. The van der Waals surface area contributed by atoms with Gasteiger partial charge in [0.15, 0.2) is 0 Å². The van der Waals surface area contributed by atoms with Crippen molar-refractivity contribution in [1.82, 2.24) is 10.2 Å². The molecule has 2 aliphatic heterocycles. The molecule has 1 saturated carbocycles. The highest BCUT2D eigenvalue weighted by molar-refractivity contribution is 5.40. The van der Waals surface area contributed by atoms with Crippen LogP contribution in [-0.2, 0) is 0 Å². The van der Waals surface area contributed by atoms with E-state index < -0.39 is 0 Å². The molecule has 1 aliphatic carbocycles. The fourth-order valence-electron chi connectivity index (χ4n) is 3.78. The lowest BCUT2D eigenvalue weighted by molar-refractivity contribution is 0.0385. The highest BCUT2D eigenvalue weighted by atomic mass is 19.1. The van der Waals surface area contributed by atoms with Crippen LogP contribution in [0.3, 0.4) is 0 Å². The van der Waals surface area contributed by atoms with Crippen LogP contribution < -0.4 is 10.1 Å². The number of hydrogen-bond donors (Lipinski definition) is 1. The number of hydrogen-bond acceptors (Lipinski definition) is 3. The van der Waals surface area contributed by atoms with Gasteiger partial charge >= 0.3 is 0 Å². The SMILES string of the molecule is CNC1CC2(CCN(C3CC3)C2)Oc2cc(F)ccc21. The number of nitrogens with one attached hydrogen (secondary N) is 1. The van der Waals surface area contributed by atoms with Gasteiger partial charge in [0.05, 0.1) is 0 Å². The van der Waals surface area contributed by atoms with Crippen molar-refractivity contribution in [2.24, 2.45) is 0 Å². The smallest absolute Gasteiger partial charge is 0.127 e. The highest BCUT2D eigenvalue weighted by Gasteiger charge is 2.48. The van der Waals surface area contributed by atoms with E-state index in [1.165, 1.54) is 18.9 Å². The maximum absolute atomic E-state index is 13.5. The second-order valence-corrected chi connectivity index (χ2v) is 6.46. The summed E-state index contributed by atoms with van der Waals surface area (Å²) >= 11 is 0. The van der Waals surface area contributed by atoms with E-state index in [-0.39, 0.29) is 17.5 Å². The van der Waals surface area contributed by atoms with Crippen LogP contribution in [0.5, 0.6) is 5.75 Å². The molecule has 20 heavy (non-hydrogen) atoms. The van der Waals surface area contributed by atoms with Crippen LogP contribution in [0, 0.1) is 5.82 Å². The summed E-state index contributed by atoms with van der Waals surface area (Å²) in [7, 11) is 1.98. The minimum Gasteiger partial charge on any atom is -0.485 e. The van der Waals surface area contributed by atoms with Crippen LogP contribution in [0.25, 0.3) is 0 Å². The fraction of sp³-hybridized carbons (Fsp3) is 0.625. The molecule has 2 unspecified atom stereocenters. The van der Waals surface area contributed by atoms with Gasteiger partial charge in [-0.05, 0) is 26.0 Å². The van der Waals surface area contributed by atoms with Gasteiger partial charge in [-0.2, -0.15) is 0 Å². The third-order valence-electron chi connectivity index (χ3n) is 5.01. The first-order valence-corrected chi connectivity index (χ1v) is 7.59. The van der Waals surface area contributed by atoms with Crippen LogP contribution in [0.2, 0.25) is 0 Å². The summed E-state index contributed by atoms with van der Waals surface area (Å²) in [6.07, 6.45) is 4.69. The third-order valence-corrected chi connectivity index (χ3v) is 5.01. The van der Waals surface area contributed by atoms with Gasteiger partial charge in [-0.15, -0.1) is 0 Å². The van der Waals surface area contributed by atoms with E-state index in [1.54, 1.807) is 6.07 Å². The van der Waals surface area contributed by atoms with Crippen LogP contribution in [0.1, 0.15) is 37.3 Å². The van der Waals surface area contributed by atoms with Gasteiger partial charge in [0, 0.05) is 49.6 Å². The predicted molar refractivity (Wildman–Crippen MR) is 75.4 cm³/mol. The topological polar surface area (TPSA) is 24.5 Å². The van der Waals surface area contributed by atoms with E-state index >= 15 is 0 Å². The van der Waals surface area contributed by atoms with Crippen molar-refractivity contribution in [2.75, 3.05) is 20.1 Å². The molecule has 1 N–H and O–H groups in total. The molecule has 3 aliphatic rings. The summed E-state index contributed by atoms with van der Waals surface area (Å²) < 4.78 is 19.8. The largest absolute Gasteiger partial charge is 0.485 e. The van der Waals surface area contributed by atoms with Crippen molar-refractivity contribution < 1.29 is 9.13 Å². The molecular formula is C16H21FN2O. The average Bonchev–Trinajstić information content (AvgIpc) is 3.21.